The number of rotatable bonds is 6. The predicted molar refractivity (Wildman–Crippen MR) is 101 cm³/mol. The standard InChI is InChI=1S/C19H23N3O3S/c1-12-13(2)25-19(20-12)26-11-17(23)22-16-10-6-5-9-15(16)18(24)21-14-7-3-4-8-14/h5-6,9-10,14H,3-4,7-8,11H2,1-2H3,(H,21,24)(H,22,23). The van der Waals surface area contributed by atoms with Crippen LogP contribution in [0.1, 0.15) is 47.5 Å². The molecule has 2 aromatic rings. The lowest BCUT2D eigenvalue weighted by molar-refractivity contribution is -0.113. The lowest BCUT2D eigenvalue weighted by Gasteiger charge is -2.14. The summed E-state index contributed by atoms with van der Waals surface area (Å²) in [5.74, 6) is 0.573. The van der Waals surface area contributed by atoms with Crippen LogP contribution in [0, 0.1) is 13.8 Å². The fourth-order valence-electron chi connectivity index (χ4n) is 2.94. The van der Waals surface area contributed by atoms with Gasteiger partial charge in [0.15, 0.2) is 0 Å². The Morgan fingerprint density at radius 2 is 1.96 bits per heavy atom. The minimum Gasteiger partial charge on any atom is -0.437 e. The van der Waals surface area contributed by atoms with Crippen molar-refractivity contribution in [1.82, 2.24) is 10.3 Å². The second-order valence-electron chi connectivity index (χ2n) is 6.46. The summed E-state index contributed by atoms with van der Waals surface area (Å²) in [6.45, 7) is 3.70. The second-order valence-corrected chi connectivity index (χ2v) is 7.39. The van der Waals surface area contributed by atoms with Crippen molar-refractivity contribution >= 4 is 29.3 Å². The monoisotopic (exact) mass is 373 g/mol. The minimum atomic E-state index is -0.204. The molecule has 0 aliphatic heterocycles. The van der Waals surface area contributed by atoms with Gasteiger partial charge in [-0.1, -0.05) is 36.7 Å². The van der Waals surface area contributed by atoms with Crippen molar-refractivity contribution in [3.63, 3.8) is 0 Å². The van der Waals surface area contributed by atoms with Crippen LogP contribution in [-0.2, 0) is 4.79 Å². The van der Waals surface area contributed by atoms with Gasteiger partial charge in [-0.15, -0.1) is 0 Å². The van der Waals surface area contributed by atoms with E-state index in [1.165, 1.54) is 11.8 Å². The van der Waals surface area contributed by atoms with Crippen molar-refractivity contribution in [2.75, 3.05) is 11.1 Å². The van der Waals surface area contributed by atoms with Crippen LogP contribution < -0.4 is 10.6 Å². The Morgan fingerprint density at radius 1 is 1.23 bits per heavy atom. The van der Waals surface area contributed by atoms with E-state index in [0.29, 0.717) is 16.5 Å². The molecule has 1 aliphatic rings. The van der Waals surface area contributed by atoms with E-state index in [1.807, 2.05) is 13.8 Å². The van der Waals surface area contributed by atoms with Crippen LogP contribution in [0.4, 0.5) is 5.69 Å². The number of aromatic nitrogens is 1. The van der Waals surface area contributed by atoms with E-state index in [1.54, 1.807) is 24.3 Å². The first-order valence-corrected chi connectivity index (χ1v) is 9.78. The Labute approximate surface area is 157 Å². The zero-order valence-electron chi connectivity index (χ0n) is 15.0. The molecule has 1 heterocycles. The summed E-state index contributed by atoms with van der Waals surface area (Å²) in [6.07, 6.45) is 4.35. The predicted octanol–water partition coefficient (Wildman–Crippen LogP) is 3.69. The highest BCUT2D eigenvalue weighted by Crippen LogP contribution is 2.22. The van der Waals surface area contributed by atoms with E-state index in [4.69, 9.17) is 4.42 Å². The fourth-order valence-corrected chi connectivity index (χ4v) is 3.65. The van der Waals surface area contributed by atoms with E-state index in [0.717, 1.165) is 37.1 Å². The normalized spacial score (nSPS) is 14.4. The number of para-hydroxylation sites is 1. The molecule has 2 N–H and O–H groups in total. The summed E-state index contributed by atoms with van der Waals surface area (Å²) < 4.78 is 5.46. The average molecular weight is 373 g/mol. The number of anilines is 1. The highest BCUT2D eigenvalue weighted by molar-refractivity contribution is 7.99. The summed E-state index contributed by atoms with van der Waals surface area (Å²) >= 11 is 1.23. The van der Waals surface area contributed by atoms with Gasteiger partial charge in [0.1, 0.15) is 5.76 Å². The molecular formula is C19H23N3O3S. The van der Waals surface area contributed by atoms with Crippen LogP contribution in [0.2, 0.25) is 0 Å². The quantitative estimate of drug-likeness (QED) is 0.755. The van der Waals surface area contributed by atoms with Crippen molar-refractivity contribution in [1.29, 1.82) is 0 Å². The molecule has 0 atom stereocenters. The molecule has 1 aromatic carbocycles. The van der Waals surface area contributed by atoms with E-state index in [9.17, 15) is 9.59 Å². The minimum absolute atomic E-state index is 0.139. The van der Waals surface area contributed by atoms with Gasteiger partial charge >= 0.3 is 0 Å². The van der Waals surface area contributed by atoms with Gasteiger partial charge in [0, 0.05) is 6.04 Å². The van der Waals surface area contributed by atoms with Crippen molar-refractivity contribution in [3.8, 4) is 0 Å². The Bertz CT molecular complexity index is 778. The first-order chi connectivity index (χ1) is 12.5. The second kappa shape index (κ2) is 8.40. The van der Waals surface area contributed by atoms with Gasteiger partial charge in [-0.3, -0.25) is 9.59 Å². The molecule has 1 saturated carbocycles. The number of nitrogens with zero attached hydrogens (tertiary/aromatic N) is 1. The van der Waals surface area contributed by atoms with Gasteiger partial charge in [-0.25, -0.2) is 4.98 Å². The molecule has 7 heteroatoms. The summed E-state index contributed by atoms with van der Waals surface area (Å²) in [7, 11) is 0. The van der Waals surface area contributed by atoms with Crippen LogP contribution in [-0.4, -0.2) is 28.6 Å². The molecule has 1 fully saturated rings. The number of benzene rings is 1. The lowest BCUT2D eigenvalue weighted by Crippen LogP contribution is -2.33. The van der Waals surface area contributed by atoms with Gasteiger partial charge in [0.25, 0.3) is 11.1 Å². The lowest BCUT2D eigenvalue weighted by atomic mass is 10.1. The number of oxazole rings is 1. The summed E-state index contributed by atoms with van der Waals surface area (Å²) in [5.41, 5.74) is 1.83. The number of hydrogen-bond donors (Lipinski definition) is 2. The van der Waals surface area contributed by atoms with E-state index in [-0.39, 0.29) is 23.6 Å². The van der Waals surface area contributed by atoms with Crippen LogP contribution in [0.25, 0.3) is 0 Å². The Balaban J connectivity index is 1.59. The average Bonchev–Trinajstić information content (AvgIpc) is 3.23. The summed E-state index contributed by atoms with van der Waals surface area (Å²) in [5, 5.41) is 6.35. The maximum absolute atomic E-state index is 12.5. The SMILES string of the molecule is Cc1nc(SCC(=O)Nc2ccccc2C(=O)NC2CCCC2)oc1C. The molecule has 0 radical (unpaired) electrons. The topological polar surface area (TPSA) is 84.2 Å². The van der Waals surface area contributed by atoms with E-state index >= 15 is 0 Å². The molecule has 6 nitrogen and oxygen atoms in total. The Kier molecular flexibility index (Phi) is 5.98. The third-order valence-electron chi connectivity index (χ3n) is 4.47. The van der Waals surface area contributed by atoms with Gasteiger partial charge < -0.3 is 15.1 Å². The molecule has 1 aromatic heterocycles. The van der Waals surface area contributed by atoms with Crippen molar-refractivity contribution in [2.24, 2.45) is 0 Å². The third kappa shape index (κ3) is 4.66. The highest BCUT2D eigenvalue weighted by Gasteiger charge is 2.20. The van der Waals surface area contributed by atoms with Crippen LogP contribution in [0.3, 0.4) is 0 Å². The molecule has 2 amide bonds. The Hall–Kier alpha value is -2.28. The van der Waals surface area contributed by atoms with Gasteiger partial charge in [0.2, 0.25) is 5.91 Å². The summed E-state index contributed by atoms with van der Waals surface area (Å²) in [6, 6.07) is 7.31. The first-order valence-electron chi connectivity index (χ1n) is 8.79. The number of nitrogens with one attached hydrogen (secondary N) is 2. The zero-order valence-corrected chi connectivity index (χ0v) is 15.8. The number of carbonyl (C=O) groups is 2. The molecule has 138 valence electrons. The molecule has 0 spiro atoms. The van der Waals surface area contributed by atoms with Crippen molar-refractivity contribution < 1.29 is 14.0 Å². The van der Waals surface area contributed by atoms with E-state index in [2.05, 4.69) is 15.6 Å². The third-order valence-corrected chi connectivity index (χ3v) is 5.30. The Morgan fingerprint density at radius 3 is 2.65 bits per heavy atom. The van der Waals surface area contributed by atoms with Crippen LogP contribution in [0.15, 0.2) is 33.9 Å². The smallest absolute Gasteiger partial charge is 0.256 e. The fraction of sp³-hybridized carbons (Fsp3) is 0.421. The largest absolute Gasteiger partial charge is 0.437 e. The maximum atomic E-state index is 12.5. The van der Waals surface area contributed by atoms with Crippen molar-refractivity contribution in [3.05, 3.63) is 41.3 Å². The van der Waals surface area contributed by atoms with Crippen LogP contribution in [0.5, 0.6) is 0 Å². The van der Waals surface area contributed by atoms with Gasteiger partial charge in [-0.05, 0) is 38.8 Å². The van der Waals surface area contributed by atoms with Crippen LogP contribution >= 0.6 is 11.8 Å². The molecule has 3 rings (SSSR count). The van der Waals surface area contributed by atoms with Gasteiger partial charge in [0.05, 0.1) is 22.7 Å². The molecule has 1 aliphatic carbocycles. The maximum Gasteiger partial charge on any atom is 0.256 e. The number of amides is 2. The molecule has 0 bridgehead atoms. The molecular weight excluding hydrogens is 350 g/mol. The first kappa shape index (κ1) is 18.5. The van der Waals surface area contributed by atoms with E-state index < -0.39 is 0 Å². The molecule has 0 saturated heterocycles. The number of hydrogen-bond acceptors (Lipinski definition) is 5. The highest BCUT2D eigenvalue weighted by atomic mass is 32.2. The number of carbonyl (C=O) groups excluding carboxylic acids is 2. The summed E-state index contributed by atoms with van der Waals surface area (Å²) in [4.78, 5) is 29.0. The number of thioether (sulfide) groups is 1. The van der Waals surface area contributed by atoms with Gasteiger partial charge in [-0.2, -0.15) is 0 Å². The zero-order chi connectivity index (χ0) is 18.5. The number of aryl methyl sites for hydroxylation is 2. The molecule has 26 heavy (non-hydrogen) atoms. The van der Waals surface area contributed by atoms with Crippen molar-refractivity contribution in [2.45, 2.75) is 50.8 Å². The molecule has 0 unspecified atom stereocenters.